The van der Waals surface area contributed by atoms with E-state index in [4.69, 9.17) is 4.74 Å². The summed E-state index contributed by atoms with van der Waals surface area (Å²) in [6.07, 6.45) is 0.704. The molecule has 0 bridgehead atoms. The van der Waals surface area contributed by atoms with E-state index >= 15 is 0 Å². The van der Waals surface area contributed by atoms with Crippen molar-refractivity contribution in [2.75, 3.05) is 32.8 Å². The quantitative estimate of drug-likeness (QED) is 0.435. The van der Waals surface area contributed by atoms with E-state index in [0.29, 0.717) is 25.3 Å². The zero-order valence-corrected chi connectivity index (χ0v) is 22.2. The van der Waals surface area contributed by atoms with E-state index in [1.807, 2.05) is 30.9 Å². The van der Waals surface area contributed by atoms with Crippen LogP contribution in [0, 0.1) is 0 Å². The summed E-state index contributed by atoms with van der Waals surface area (Å²) < 4.78 is 33.2. The van der Waals surface area contributed by atoms with Gasteiger partial charge in [-0.1, -0.05) is 67.6 Å². The van der Waals surface area contributed by atoms with E-state index in [1.165, 1.54) is 23.3 Å². The molecule has 1 amide bonds. The standard InChI is InChI=1S/C29H35N3O4S/c1-3-23(2)30-37(34,35)27-16-14-26(15-17-27)36-22-28(33)31-18-20-32(21-19-31)29(24-10-6-4-7-11-24)25-12-8-5-9-13-25/h4-17,23,29-30H,3,18-22H2,1-2H3/t23-/m0/s1. The topological polar surface area (TPSA) is 78.9 Å². The average molecular weight is 522 g/mol. The van der Waals surface area contributed by atoms with Gasteiger partial charge in [-0.15, -0.1) is 0 Å². The van der Waals surface area contributed by atoms with Crippen molar-refractivity contribution in [1.82, 2.24) is 14.5 Å². The third kappa shape index (κ3) is 6.97. The molecule has 8 heteroatoms. The fraction of sp³-hybridized carbons (Fsp3) is 0.345. The van der Waals surface area contributed by atoms with Gasteiger partial charge in [0.15, 0.2) is 6.61 Å². The Balaban J connectivity index is 1.32. The van der Waals surface area contributed by atoms with Gasteiger partial charge in [-0.2, -0.15) is 0 Å². The Hall–Kier alpha value is -3.20. The molecule has 196 valence electrons. The van der Waals surface area contributed by atoms with E-state index in [0.717, 1.165) is 13.1 Å². The molecule has 3 aromatic carbocycles. The number of carbonyl (C=O) groups is 1. The first-order chi connectivity index (χ1) is 17.9. The molecule has 0 aliphatic carbocycles. The normalized spacial score (nSPS) is 15.5. The van der Waals surface area contributed by atoms with E-state index in [-0.39, 0.29) is 29.5 Å². The number of nitrogens with one attached hydrogen (secondary N) is 1. The molecule has 1 heterocycles. The smallest absolute Gasteiger partial charge is 0.260 e. The first-order valence-corrected chi connectivity index (χ1v) is 14.2. The minimum atomic E-state index is -3.57. The number of hydrogen-bond donors (Lipinski definition) is 1. The summed E-state index contributed by atoms with van der Waals surface area (Å²) in [5, 5.41) is 0. The maximum Gasteiger partial charge on any atom is 0.260 e. The van der Waals surface area contributed by atoms with Crippen molar-refractivity contribution in [2.45, 2.75) is 37.2 Å². The van der Waals surface area contributed by atoms with E-state index in [9.17, 15) is 13.2 Å². The SMILES string of the molecule is CC[C@H](C)NS(=O)(=O)c1ccc(OCC(=O)N2CCN(C(c3ccccc3)c3ccccc3)CC2)cc1. The fourth-order valence-corrected chi connectivity index (χ4v) is 5.81. The van der Waals surface area contributed by atoms with Crippen LogP contribution in [0.5, 0.6) is 5.75 Å². The van der Waals surface area contributed by atoms with Gasteiger partial charge in [0.25, 0.3) is 5.91 Å². The number of carbonyl (C=O) groups excluding carboxylic acids is 1. The molecule has 0 saturated carbocycles. The molecular formula is C29H35N3O4S. The van der Waals surface area contributed by atoms with Gasteiger partial charge in [-0.3, -0.25) is 9.69 Å². The lowest BCUT2D eigenvalue weighted by Crippen LogP contribution is -2.51. The molecule has 1 saturated heterocycles. The number of nitrogens with zero attached hydrogens (tertiary/aromatic N) is 2. The molecule has 4 rings (SSSR count). The summed E-state index contributed by atoms with van der Waals surface area (Å²) in [4.78, 5) is 17.3. The van der Waals surface area contributed by atoms with Crippen LogP contribution in [0.3, 0.4) is 0 Å². The van der Waals surface area contributed by atoms with E-state index in [1.54, 1.807) is 12.1 Å². The Morgan fingerprint density at radius 2 is 1.41 bits per heavy atom. The lowest BCUT2D eigenvalue weighted by atomic mass is 9.96. The Morgan fingerprint density at radius 1 is 0.865 bits per heavy atom. The van der Waals surface area contributed by atoms with Gasteiger partial charge in [-0.05, 0) is 48.7 Å². The number of ether oxygens (including phenoxy) is 1. The van der Waals surface area contributed by atoms with Crippen LogP contribution in [0.1, 0.15) is 37.4 Å². The van der Waals surface area contributed by atoms with Crippen LogP contribution in [0.4, 0.5) is 0 Å². The molecule has 0 aromatic heterocycles. The highest BCUT2D eigenvalue weighted by molar-refractivity contribution is 7.89. The van der Waals surface area contributed by atoms with Gasteiger partial charge in [0.2, 0.25) is 10.0 Å². The summed E-state index contributed by atoms with van der Waals surface area (Å²) in [5.74, 6) is 0.383. The molecule has 3 aromatic rings. The second kappa shape index (κ2) is 12.4. The molecule has 1 aliphatic heterocycles. The van der Waals surface area contributed by atoms with Gasteiger partial charge < -0.3 is 9.64 Å². The molecule has 7 nitrogen and oxygen atoms in total. The van der Waals surface area contributed by atoms with Crippen molar-refractivity contribution in [3.05, 3.63) is 96.1 Å². The number of sulfonamides is 1. The Bertz CT molecular complexity index is 1200. The first kappa shape index (κ1) is 26.9. The third-order valence-corrected chi connectivity index (χ3v) is 8.33. The van der Waals surface area contributed by atoms with Crippen LogP contribution in [-0.4, -0.2) is 63.0 Å². The van der Waals surface area contributed by atoms with Crippen LogP contribution >= 0.6 is 0 Å². The lowest BCUT2D eigenvalue weighted by molar-refractivity contribution is -0.135. The van der Waals surface area contributed by atoms with E-state index in [2.05, 4.69) is 58.2 Å². The Kier molecular flexibility index (Phi) is 8.97. The maximum absolute atomic E-state index is 12.8. The minimum absolute atomic E-state index is 0.0780. The van der Waals surface area contributed by atoms with Crippen molar-refractivity contribution >= 4 is 15.9 Å². The van der Waals surface area contributed by atoms with Crippen LogP contribution in [0.25, 0.3) is 0 Å². The second-order valence-corrected chi connectivity index (χ2v) is 11.0. The lowest BCUT2D eigenvalue weighted by Gasteiger charge is -2.39. The van der Waals surface area contributed by atoms with Crippen molar-refractivity contribution in [1.29, 1.82) is 0 Å². The molecule has 37 heavy (non-hydrogen) atoms. The molecule has 0 unspecified atom stereocenters. The highest BCUT2D eigenvalue weighted by Crippen LogP contribution is 2.29. The minimum Gasteiger partial charge on any atom is -0.484 e. The van der Waals surface area contributed by atoms with Gasteiger partial charge >= 0.3 is 0 Å². The zero-order chi connectivity index (χ0) is 26.3. The number of piperazine rings is 1. The maximum atomic E-state index is 12.8. The van der Waals surface area contributed by atoms with Crippen LogP contribution in [-0.2, 0) is 14.8 Å². The second-order valence-electron chi connectivity index (χ2n) is 9.33. The van der Waals surface area contributed by atoms with Gasteiger partial charge in [0, 0.05) is 32.2 Å². The summed E-state index contributed by atoms with van der Waals surface area (Å²) in [6, 6.07) is 27.1. The van der Waals surface area contributed by atoms with Crippen LogP contribution in [0.15, 0.2) is 89.8 Å². The van der Waals surface area contributed by atoms with Crippen molar-refractivity contribution in [3.8, 4) is 5.75 Å². The zero-order valence-electron chi connectivity index (χ0n) is 21.4. The molecule has 1 aliphatic rings. The summed E-state index contributed by atoms with van der Waals surface area (Å²) in [5.41, 5.74) is 2.48. The van der Waals surface area contributed by atoms with Crippen molar-refractivity contribution in [3.63, 3.8) is 0 Å². The van der Waals surface area contributed by atoms with E-state index < -0.39 is 10.0 Å². The molecule has 1 fully saturated rings. The number of hydrogen-bond acceptors (Lipinski definition) is 5. The molecule has 1 N–H and O–H groups in total. The number of amides is 1. The molecule has 0 spiro atoms. The van der Waals surface area contributed by atoms with Crippen LogP contribution < -0.4 is 9.46 Å². The first-order valence-electron chi connectivity index (χ1n) is 12.7. The predicted molar refractivity (Wildman–Crippen MR) is 145 cm³/mol. The summed E-state index contributed by atoms with van der Waals surface area (Å²) in [7, 11) is -3.57. The van der Waals surface area contributed by atoms with Crippen LogP contribution in [0.2, 0.25) is 0 Å². The highest BCUT2D eigenvalue weighted by Gasteiger charge is 2.28. The number of rotatable bonds is 10. The van der Waals surface area contributed by atoms with Gasteiger partial charge in [0.1, 0.15) is 5.75 Å². The predicted octanol–water partition coefficient (Wildman–Crippen LogP) is 4.08. The number of benzene rings is 3. The van der Waals surface area contributed by atoms with Gasteiger partial charge in [0.05, 0.1) is 10.9 Å². The monoisotopic (exact) mass is 521 g/mol. The van der Waals surface area contributed by atoms with Crippen molar-refractivity contribution < 1.29 is 17.9 Å². The Morgan fingerprint density at radius 3 is 1.92 bits per heavy atom. The highest BCUT2D eigenvalue weighted by atomic mass is 32.2. The molecule has 1 atom stereocenters. The molecular weight excluding hydrogens is 486 g/mol. The van der Waals surface area contributed by atoms with Gasteiger partial charge in [-0.25, -0.2) is 13.1 Å². The average Bonchev–Trinajstić information content (AvgIpc) is 2.93. The summed E-state index contributed by atoms with van der Waals surface area (Å²) in [6.45, 7) is 6.42. The summed E-state index contributed by atoms with van der Waals surface area (Å²) >= 11 is 0. The molecule has 0 radical (unpaired) electrons. The Labute approximate surface area is 220 Å². The fourth-order valence-electron chi connectivity index (χ4n) is 4.48. The van der Waals surface area contributed by atoms with Crippen molar-refractivity contribution in [2.24, 2.45) is 0 Å². The third-order valence-electron chi connectivity index (χ3n) is 6.73. The largest absolute Gasteiger partial charge is 0.484 e.